The second kappa shape index (κ2) is 4.88. The Morgan fingerprint density at radius 2 is 2.14 bits per heavy atom. The van der Waals surface area contributed by atoms with Crippen LogP contribution in [0.3, 0.4) is 0 Å². The number of nitrogens with one attached hydrogen (secondary N) is 1. The minimum atomic E-state index is 0.879. The Morgan fingerprint density at radius 1 is 1.21 bits per heavy atom. The highest BCUT2D eigenvalue weighted by Gasteiger charge is 1.93. The van der Waals surface area contributed by atoms with Crippen molar-refractivity contribution >= 4 is 11.3 Å². The van der Waals surface area contributed by atoms with Crippen LogP contribution in [0.4, 0.5) is 0 Å². The zero-order chi connectivity index (χ0) is 9.64. The van der Waals surface area contributed by atoms with E-state index in [2.05, 4.69) is 33.2 Å². The second-order valence-corrected chi connectivity index (χ2v) is 3.88. The van der Waals surface area contributed by atoms with Gasteiger partial charge >= 0.3 is 0 Å². The summed E-state index contributed by atoms with van der Waals surface area (Å²) in [4.78, 5) is 4.06. The van der Waals surface area contributed by atoms with Crippen LogP contribution in [0.2, 0.25) is 0 Å². The molecule has 0 radical (unpaired) electrons. The van der Waals surface area contributed by atoms with Crippen molar-refractivity contribution in [2.45, 2.75) is 13.1 Å². The van der Waals surface area contributed by atoms with Crippen molar-refractivity contribution in [3.05, 3.63) is 52.5 Å². The van der Waals surface area contributed by atoms with Gasteiger partial charge in [-0.3, -0.25) is 4.98 Å². The van der Waals surface area contributed by atoms with Crippen LogP contribution in [0.1, 0.15) is 11.1 Å². The average molecular weight is 204 g/mol. The normalized spacial score (nSPS) is 10.3. The summed E-state index contributed by atoms with van der Waals surface area (Å²) in [7, 11) is 0. The molecule has 1 N–H and O–H groups in total. The fourth-order valence-corrected chi connectivity index (χ4v) is 1.92. The molecule has 0 unspecified atom stereocenters. The molecule has 0 aliphatic carbocycles. The fraction of sp³-hybridized carbons (Fsp3) is 0.182. The van der Waals surface area contributed by atoms with E-state index < -0.39 is 0 Å². The van der Waals surface area contributed by atoms with Gasteiger partial charge in [0, 0.05) is 25.5 Å². The fourth-order valence-electron chi connectivity index (χ4n) is 1.25. The van der Waals surface area contributed by atoms with Crippen LogP contribution in [0.5, 0.6) is 0 Å². The Morgan fingerprint density at radius 3 is 2.86 bits per heavy atom. The molecule has 0 saturated carbocycles. The maximum absolute atomic E-state index is 4.06. The maximum atomic E-state index is 4.06. The van der Waals surface area contributed by atoms with E-state index in [4.69, 9.17) is 0 Å². The van der Waals surface area contributed by atoms with Gasteiger partial charge < -0.3 is 5.32 Å². The molecule has 0 amide bonds. The van der Waals surface area contributed by atoms with E-state index in [1.807, 2.05) is 12.3 Å². The molecule has 0 fully saturated rings. The Balaban J connectivity index is 1.79. The first-order chi connectivity index (χ1) is 6.95. The molecular formula is C11H12N2S. The SMILES string of the molecule is c1cncc(CNCc2ccsc2)c1. The van der Waals surface area contributed by atoms with Crippen LogP contribution in [0.15, 0.2) is 41.4 Å². The minimum absolute atomic E-state index is 0.879. The van der Waals surface area contributed by atoms with Crippen LogP contribution in [0.25, 0.3) is 0 Å². The average Bonchev–Trinajstić information content (AvgIpc) is 2.72. The highest BCUT2D eigenvalue weighted by Crippen LogP contribution is 2.05. The number of pyridine rings is 1. The van der Waals surface area contributed by atoms with Crippen molar-refractivity contribution in [1.82, 2.24) is 10.3 Å². The predicted octanol–water partition coefficient (Wildman–Crippen LogP) is 2.43. The molecule has 0 atom stereocenters. The molecule has 0 spiro atoms. The largest absolute Gasteiger partial charge is 0.309 e. The molecule has 2 heterocycles. The maximum Gasteiger partial charge on any atom is 0.0312 e. The van der Waals surface area contributed by atoms with Crippen molar-refractivity contribution in [2.24, 2.45) is 0 Å². The third-order valence-electron chi connectivity index (χ3n) is 1.96. The molecule has 0 bridgehead atoms. The van der Waals surface area contributed by atoms with E-state index >= 15 is 0 Å². The topological polar surface area (TPSA) is 24.9 Å². The van der Waals surface area contributed by atoms with Crippen LogP contribution in [-0.2, 0) is 13.1 Å². The van der Waals surface area contributed by atoms with E-state index in [1.165, 1.54) is 11.1 Å². The Bertz CT molecular complexity index is 356. The predicted molar refractivity (Wildman–Crippen MR) is 59.1 cm³/mol. The third kappa shape index (κ3) is 2.65. The zero-order valence-corrected chi connectivity index (χ0v) is 8.63. The number of hydrogen-bond donors (Lipinski definition) is 1. The third-order valence-corrected chi connectivity index (χ3v) is 2.69. The molecule has 2 aromatic rings. The van der Waals surface area contributed by atoms with Crippen LogP contribution >= 0.6 is 11.3 Å². The standard InChI is InChI=1S/C11H12N2S/c1-2-10(6-12-4-1)7-13-8-11-3-5-14-9-11/h1-6,9,13H,7-8H2. The van der Waals surface area contributed by atoms with Gasteiger partial charge in [0.05, 0.1) is 0 Å². The first kappa shape index (κ1) is 9.37. The highest BCUT2D eigenvalue weighted by molar-refractivity contribution is 7.07. The van der Waals surface area contributed by atoms with Gasteiger partial charge in [-0.15, -0.1) is 0 Å². The smallest absolute Gasteiger partial charge is 0.0312 e. The molecule has 0 aromatic carbocycles. The summed E-state index contributed by atoms with van der Waals surface area (Å²) in [6.07, 6.45) is 3.68. The number of rotatable bonds is 4. The number of thiophene rings is 1. The lowest BCUT2D eigenvalue weighted by Crippen LogP contribution is -2.11. The summed E-state index contributed by atoms with van der Waals surface area (Å²) in [5, 5.41) is 7.63. The van der Waals surface area contributed by atoms with Gasteiger partial charge in [0.15, 0.2) is 0 Å². The molecule has 2 rings (SSSR count). The molecule has 0 aliphatic rings. The summed E-state index contributed by atoms with van der Waals surface area (Å²) >= 11 is 1.73. The van der Waals surface area contributed by atoms with Crippen LogP contribution in [0, 0.1) is 0 Å². The van der Waals surface area contributed by atoms with Crippen molar-refractivity contribution in [3.63, 3.8) is 0 Å². The highest BCUT2D eigenvalue weighted by atomic mass is 32.1. The first-order valence-corrected chi connectivity index (χ1v) is 5.50. The van der Waals surface area contributed by atoms with E-state index in [9.17, 15) is 0 Å². The van der Waals surface area contributed by atoms with Crippen molar-refractivity contribution < 1.29 is 0 Å². The first-order valence-electron chi connectivity index (χ1n) is 4.56. The molecular weight excluding hydrogens is 192 g/mol. The Kier molecular flexibility index (Phi) is 3.27. The van der Waals surface area contributed by atoms with E-state index in [1.54, 1.807) is 17.5 Å². The minimum Gasteiger partial charge on any atom is -0.309 e. The van der Waals surface area contributed by atoms with Crippen molar-refractivity contribution in [1.29, 1.82) is 0 Å². The molecule has 14 heavy (non-hydrogen) atoms. The summed E-state index contributed by atoms with van der Waals surface area (Å²) in [6, 6.07) is 6.18. The lowest BCUT2D eigenvalue weighted by atomic mass is 10.3. The molecule has 2 aromatic heterocycles. The second-order valence-electron chi connectivity index (χ2n) is 3.10. The quantitative estimate of drug-likeness (QED) is 0.827. The summed E-state index contributed by atoms with van der Waals surface area (Å²) < 4.78 is 0. The summed E-state index contributed by atoms with van der Waals surface area (Å²) in [6.45, 7) is 1.81. The monoisotopic (exact) mass is 204 g/mol. The van der Waals surface area contributed by atoms with Gasteiger partial charge in [-0.05, 0) is 34.0 Å². The lowest BCUT2D eigenvalue weighted by molar-refractivity contribution is 0.693. The van der Waals surface area contributed by atoms with Crippen LogP contribution in [-0.4, -0.2) is 4.98 Å². The van der Waals surface area contributed by atoms with Gasteiger partial charge in [-0.25, -0.2) is 0 Å². The summed E-state index contributed by atoms with van der Waals surface area (Å²) in [5.74, 6) is 0. The molecule has 2 nitrogen and oxygen atoms in total. The van der Waals surface area contributed by atoms with Gasteiger partial charge in [0.25, 0.3) is 0 Å². The summed E-state index contributed by atoms with van der Waals surface area (Å²) in [5.41, 5.74) is 2.57. The van der Waals surface area contributed by atoms with Gasteiger partial charge in [-0.1, -0.05) is 6.07 Å². The Hall–Kier alpha value is -1.19. The van der Waals surface area contributed by atoms with E-state index in [0.717, 1.165) is 13.1 Å². The Labute approximate surface area is 87.6 Å². The van der Waals surface area contributed by atoms with E-state index in [0.29, 0.717) is 0 Å². The van der Waals surface area contributed by atoms with Gasteiger partial charge in [0.1, 0.15) is 0 Å². The molecule has 0 saturated heterocycles. The number of hydrogen-bond acceptors (Lipinski definition) is 3. The lowest BCUT2D eigenvalue weighted by Gasteiger charge is -2.02. The van der Waals surface area contributed by atoms with Crippen molar-refractivity contribution in [2.75, 3.05) is 0 Å². The van der Waals surface area contributed by atoms with Crippen molar-refractivity contribution in [3.8, 4) is 0 Å². The zero-order valence-electron chi connectivity index (χ0n) is 7.81. The molecule has 72 valence electrons. The van der Waals surface area contributed by atoms with Crippen LogP contribution < -0.4 is 5.32 Å². The van der Waals surface area contributed by atoms with Gasteiger partial charge in [0.2, 0.25) is 0 Å². The van der Waals surface area contributed by atoms with E-state index in [-0.39, 0.29) is 0 Å². The molecule has 0 aliphatic heterocycles. The number of nitrogens with zero attached hydrogens (tertiary/aromatic N) is 1. The number of aromatic nitrogens is 1. The molecule has 3 heteroatoms. The van der Waals surface area contributed by atoms with Gasteiger partial charge in [-0.2, -0.15) is 11.3 Å².